The molecule has 0 amide bonds. The molecule has 6 heteroatoms. The molecule has 2 aromatic rings. The Kier molecular flexibility index (Phi) is 7.67. The zero-order chi connectivity index (χ0) is 19.6. The zero-order valence-electron chi connectivity index (χ0n) is 16.6. The van der Waals surface area contributed by atoms with Gasteiger partial charge in [-0.1, -0.05) is 18.2 Å². The number of aliphatic hydroxyl groups excluding tert-OH is 1. The van der Waals surface area contributed by atoms with Gasteiger partial charge < -0.3 is 20.6 Å². The number of aromatic nitrogens is 1. The Morgan fingerprint density at radius 2 is 1.93 bits per heavy atom. The van der Waals surface area contributed by atoms with Crippen molar-refractivity contribution >= 4 is 11.6 Å². The smallest absolute Gasteiger partial charge is 0.191 e. The van der Waals surface area contributed by atoms with Gasteiger partial charge >= 0.3 is 0 Å². The van der Waals surface area contributed by atoms with Crippen molar-refractivity contribution < 1.29 is 5.11 Å². The van der Waals surface area contributed by atoms with Crippen LogP contribution in [-0.2, 0) is 13.1 Å². The number of benzene rings is 1. The van der Waals surface area contributed by atoms with Crippen LogP contribution in [0.1, 0.15) is 31.0 Å². The summed E-state index contributed by atoms with van der Waals surface area (Å²) in [5, 5.41) is 15.9. The molecule has 1 saturated heterocycles. The second-order valence-electron chi connectivity index (χ2n) is 7.15. The summed E-state index contributed by atoms with van der Waals surface area (Å²) in [5.74, 6) is 1.26. The summed E-state index contributed by atoms with van der Waals surface area (Å²) >= 11 is 0. The number of anilines is 1. The van der Waals surface area contributed by atoms with Crippen LogP contribution in [0.25, 0.3) is 0 Å². The van der Waals surface area contributed by atoms with Gasteiger partial charge in [-0.2, -0.15) is 0 Å². The summed E-state index contributed by atoms with van der Waals surface area (Å²) in [7, 11) is 0. The highest BCUT2D eigenvalue weighted by Gasteiger charge is 2.18. The van der Waals surface area contributed by atoms with E-state index in [2.05, 4.69) is 56.7 Å². The van der Waals surface area contributed by atoms with E-state index >= 15 is 0 Å². The Bertz CT molecular complexity index is 724. The van der Waals surface area contributed by atoms with E-state index in [1.54, 1.807) is 6.20 Å². The minimum atomic E-state index is 0.313. The third-order valence-electron chi connectivity index (χ3n) is 5.10. The van der Waals surface area contributed by atoms with Crippen molar-refractivity contribution in [1.82, 2.24) is 15.6 Å². The number of piperidine rings is 1. The summed E-state index contributed by atoms with van der Waals surface area (Å²) in [5.41, 5.74) is 3.43. The van der Waals surface area contributed by atoms with Gasteiger partial charge in [0.15, 0.2) is 5.96 Å². The van der Waals surface area contributed by atoms with Crippen LogP contribution in [0.5, 0.6) is 0 Å². The standard InChI is InChI=1S/C22H31N5O/c1-2-23-22(26-16-20-5-3-4-12-24-20)25-15-18-6-8-21(9-7-18)27-13-10-19(17-28)11-14-27/h3-9,12,19,28H,2,10-11,13-17H2,1H3,(H2,23,25,26). The molecular weight excluding hydrogens is 350 g/mol. The number of pyridine rings is 1. The van der Waals surface area contributed by atoms with Crippen LogP contribution in [0.15, 0.2) is 53.7 Å². The molecule has 3 N–H and O–H groups in total. The molecule has 1 aromatic carbocycles. The lowest BCUT2D eigenvalue weighted by molar-refractivity contribution is 0.203. The molecule has 0 saturated carbocycles. The van der Waals surface area contributed by atoms with Crippen LogP contribution in [-0.4, -0.2) is 42.3 Å². The Morgan fingerprint density at radius 1 is 1.14 bits per heavy atom. The lowest BCUT2D eigenvalue weighted by Crippen LogP contribution is -2.37. The van der Waals surface area contributed by atoms with Gasteiger partial charge in [-0.25, -0.2) is 4.99 Å². The second kappa shape index (κ2) is 10.7. The maximum atomic E-state index is 9.28. The fourth-order valence-corrected chi connectivity index (χ4v) is 3.37. The fraction of sp³-hybridized carbons (Fsp3) is 0.455. The Hall–Kier alpha value is -2.60. The number of guanidine groups is 1. The van der Waals surface area contributed by atoms with Crippen molar-refractivity contribution in [1.29, 1.82) is 0 Å². The molecule has 0 bridgehead atoms. The highest BCUT2D eigenvalue weighted by Crippen LogP contribution is 2.23. The van der Waals surface area contributed by atoms with Gasteiger partial charge in [0.25, 0.3) is 0 Å². The van der Waals surface area contributed by atoms with Gasteiger partial charge in [-0.3, -0.25) is 4.98 Å². The Morgan fingerprint density at radius 3 is 2.57 bits per heavy atom. The predicted molar refractivity (Wildman–Crippen MR) is 114 cm³/mol. The van der Waals surface area contributed by atoms with Crippen LogP contribution in [0.4, 0.5) is 5.69 Å². The number of nitrogens with one attached hydrogen (secondary N) is 2. The van der Waals surface area contributed by atoms with Crippen molar-refractivity contribution in [2.24, 2.45) is 10.9 Å². The fourth-order valence-electron chi connectivity index (χ4n) is 3.37. The minimum Gasteiger partial charge on any atom is -0.396 e. The lowest BCUT2D eigenvalue weighted by atomic mass is 9.97. The molecule has 3 rings (SSSR count). The molecule has 28 heavy (non-hydrogen) atoms. The molecule has 0 spiro atoms. The molecule has 0 aliphatic carbocycles. The summed E-state index contributed by atoms with van der Waals surface area (Å²) in [4.78, 5) is 11.4. The van der Waals surface area contributed by atoms with Gasteiger partial charge in [0.05, 0.1) is 18.8 Å². The number of aliphatic hydroxyl groups is 1. The predicted octanol–water partition coefficient (Wildman–Crippen LogP) is 2.55. The third kappa shape index (κ3) is 5.96. The first-order valence-electron chi connectivity index (χ1n) is 10.2. The van der Waals surface area contributed by atoms with Crippen LogP contribution in [0.2, 0.25) is 0 Å². The van der Waals surface area contributed by atoms with E-state index < -0.39 is 0 Å². The van der Waals surface area contributed by atoms with E-state index in [1.165, 1.54) is 11.3 Å². The van der Waals surface area contributed by atoms with Crippen molar-refractivity contribution in [3.05, 3.63) is 59.9 Å². The van der Waals surface area contributed by atoms with Gasteiger partial charge in [0.2, 0.25) is 0 Å². The highest BCUT2D eigenvalue weighted by molar-refractivity contribution is 5.79. The molecule has 2 heterocycles. The van der Waals surface area contributed by atoms with Gasteiger partial charge in [0, 0.05) is 38.1 Å². The number of aliphatic imine (C=N–C) groups is 1. The van der Waals surface area contributed by atoms with E-state index in [0.717, 1.165) is 44.1 Å². The quantitative estimate of drug-likeness (QED) is 0.508. The van der Waals surface area contributed by atoms with Crippen LogP contribution in [0.3, 0.4) is 0 Å². The van der Waals surface area contributed by atoms with Crippen LogP contribution >= 0.6 is 0 Å². The van der Waals surface area contributed by atoms with Crippen molar-refractivity contribution in [2.45, 2.75) is 32.9 Å². The maximum Gasteiger partial charge on any atom is 0.191 e. The molecule has 1 aliphatic rings. The SMILES string of the molecule is CCNC(=NCc1ccc(N2CCC(CO)CC2)cc1)NCc1ccccn1. The average molecular weight is 382 g/mol. The minimum absolute atomic E-state index is 0.313. The van der Waals surface area contributed by atoms with E-state index in [0.29, 0.717) is 25.6 Å². The van der Waals surface area contributed by atoms with E-state index in [1.807, 2.05) is 18.2 Å². The molecule has 1 aromatic heterocycles. The molecule has 0 radical (unpaired) electrons. The van der Waals surface area contributed by atoms with Crippen LogP contribution in [0, 0.1) is 5.92 Å². The second-order valence-corrected chi connectivity index (χ2v) is 7.15. The van der Waals surface area contributed by atoms with E-state index in [9.17, 15) is 5.11 Å². The zero-order valence-corrected chi connectivity index (χ0v) is 16.6. The summed E-state index contributed by atoms with van der Waals surface area (Å²) in [6.07, 6.45) is 3.93. The molecule has 0 atom stereocenters. The molecule has 150 valence electrons. The average Bonchev–Trinajstić information content (AvgIpc) is 2.77. The Labute approximate surface area is 167 Å². The van der Waals surface area contributed by atoms with Gasteiger partial charge in [-0.15, -0.1) is 0 Å². The molecule has 1 aliphatic heterocycles. The largest absolute Gasteiger partial charge is 0.396 e. The van der Waals surface area contributed by atoms with Gasteiger partial charge in [-0.05, 0) is 55.5 Å². The molecular formula is C22H31N5O. The van der Waals surface area contributed by atoms with Crippen molar-refractivity contribution in [3.8, 4) is 0 Å². The highest BCUT2D eigenvalue weighted by atomic mass is 16.3. The number of hydrogen-bond donors (Lipinski definition) is 3. The molecule has 1 fully saturated rings. The lowest BCUT2D eigenvalue weighted by Gasteiger charge is -2.32. The van der Waals surface area contributed by atoms with E-state index in [4.69, 9.17) is 0 Å². The van der Waals surface area contributed by atoms with E-state index in [-0.39, 0.29) is 0 Å². The number of hydrogen-bond acceptors (Lipinski definition) is 4. The maximum absolute atomic E-state index is 9.28. The monoisotopic (exact) mass is 381 g/mol. The first-order chi connectivity index (χ1) is 13.8. The topological polar surface area (TPSA) is 72.8 Å². The van der Waals surface area contributed by atoms with Crippen molar-refractivity contribution in [2.75, 3.05) is 31.1 Å². The van der Waals surface area contributed by atoms with Crippen LogP contribution < -0.4 is 15.5 Å². The normalized spacial score (nSPS) is 15.5. The summed E-state index contributed by atoms with van der Waals surface area (Å²) in [6.45, 7) is 6.51. The summed E-state index contributed by atoms with van der Waals surface area (Å²) in [6, 6.07) is 14.6. The first-order valence-corrected chi connectivity index (χ1v) is 10.2. The van der Waals surface area contributed by atoms with Crippen molar-refractivity contribution in [3.63, 3.8) is 0 Å². The Balaban J connectivity index is 1.54. The molecule has 6 nitrogen and oxygen atoms in total. The summed E-state index contributed by atoms with van der Waals surface area (Å²) < 4.78 is 0. The number of rotatable bonds is 7. The third-order valence-corrected chi connectivity index (χ3v) is 5.10. The van der Waals surface area contributed by atoms with Gasteiger partial charge in [0.1, 0.15) is 0 Å². The number of nitrogens with zero attached hydrogens (tertiary/aromatic N) is 3. The molecule has 0 unspecified atom stereocenters. The first kappa shape index (κ1) is 20.1.